The number of pyridine rings is 1. The fraction of sp³-hybridized carbons (Fsp3) is 0.182. The van der Waals surface area contributed by atoms with Gasteiger partial charge in [0.2, 0.25) is 0 Å². The fourth-order valence-corrected chi connectivity index (χ4v) is 1.97. The third-order valence-electron chi connectivity index (χ3n) is 2.04. The molecular weight excluding hydrogens is 222 g/mol. The first-order valence-corrected chi connectivity index (χ1v) is 5.77. The summed E-state index contributed by atoms with van der Waals surface area (Å²) in [4.78, 5) is 19.6. The van der Waals surface area contributed by atoms with E-state index in [0.29, 0.717) is 0 Å². The topological polar surface area (TPSA) is 47.8 Å². The van der Waals surface area contributed by atoms with Crippen molar-refractivity contribution in [2.75, 3.05) is 0 Å². The second-order valence-electron chi connectivity index (χ2n) is 3.32. The third kappa shape index (κ3) is 2.70. The van der Waals surface area contributed by atoms with Gasteiger partial charge >= 0.3 is 0 Å². The Balaban J connectivity index is 2.08. The number of aromatic nitrogens is 3. The van der Waals surface area contributed by atoms with Gasteiger partial charge in [-0.25, -0.2) is 8.96 Å². The lowest BCUT2D eigenvalue weighted by Gasteiger charge is -2.03. The predicted octanol–water partition coefficient (Wildman–Crippen LogP) is 1.64. The van der Waals surface area contributed by atoms with Crippen LogP contribution in [0.5, 0.6) is 0 Å². The molecule has 0 unspecified atom stereocenters. The summed E-state index contributed by atoms with van der Waals surface area (Å²) in [5.41, 5.74) is 1.84. The fourth-order valence-electron chi connectivity index (χ4n) is 1.20. The molecule has 5 heteroatoms. The predicted molar refractivity (Wildman–Crippen MR) is 64.2 cm³/mol. The molecule has 0 amide bonds. The molecule has 0 atom stereocenters. The molecule has 0 fully saturated rings. The van der Waals surface area contributed by atoms with E-state index >= 15 is 0 Å². The van der Waals surface area contributed by atoms with E-state index in [1.807, 2.05) is 12.1 Å². The average molecular weight is 233 g/mol. The maximum absolute atomic E-state index is 11.6. The number of rotatable bonds is 3. The Labute approximate surface area is 97.5 Å². The van der Waals surface area contributed by atoms with Crippen LogP contribution in [0.15, 0.2) is 41.7 Å². The van der Waals surface area contributed by atoms with Crippen LogP contribution in [0.3, 0.4) is 0 Å². The van der Waals surface area contributed by atoms with Crippen LogP contribution in [-0.2, 0) is 5.75 Å². The van der Waals surface area contributed by atoms with Crippen molar-refractivity contribution >= 4 is 11.9 Å². The summed E-state index contributed by atoms with van der Waals surface area (Å²) in [5, 5.41) is 0. The van der Waals surface area contributed by atoms with Gasteiger partial charge in [-0.3, -0.25) is 9.78 Å². The third-order valence-corrected chi connectivity index (χ3v) is 3.05. The van der Waals surface area contributed by atoms with E-state index in [1.165, 1.54) is 22.0 Å². The molecule has 2 aromatic heterocycles. The number of nitrogens with zero attached hydrogens (tertiary/aromatic N) is 3. The first-order chi connectivity index (χ1) is 7.75. The van der Waals surface area contributed by atoms with Gasteiger partial charge in [-0.05, 0) is 36.6 Å². The molecule has 0 radical (unpaired) electrons. The number of hydrogen-bond acceptors (Lipinski definition) is 4. The summed E-state index contributed by atoms with van der Waals surface area (Å²) in [6, 6.07) is 5.39. The van der Waals surface area contributed by atoms with Crippen LogP contribution in [0.1, 0.15) is 11.3 Å². The van der Waals surface area contributed by atoms with Crippen LogP contribution in [0.25, 0.3) is 0 Å². The Hall–Kier alpha value is -1.62. The molecule has 0 aromatic carbocycles. The summed E-state index contributed by atoms with van der Waals surface area (Å²) < 4.78 is 1.54. The van der Waals surface area contributed by atoms with Gasteiger partial charge in [0.05, 0.1) is 0 Å². The van der Waals surface area contributed by atoms with E-state index < -0.39 is 0 Å². The van der Waals surface area contributed by atoms with Crippen molar-refractivity contribution in [1.29, 1.82) is 0 Å². The molecule has 0 aliphatic heterocycles. The van der Waals surface area contributed by atoms with E-state index in [2.05, 4.69) is 9.97 Å². The van der Waals surface area contributed by atoms with Crippen molar-refractivity contribution < 1.29 is 0 Å². The van der Waals surface area contributed by atoms with Crippen LogP contribution < -0.4 is 5.56 Å². The second-order valence-corrected chi connectivity index (χ2v) is 4.26. The second kappa shape index (κ2) is 4.94. The zero-order valence-electron chi connectivity index (χ0n) is 8.83. The zero-order valence-corrected chi connectivity index (χ0v) is 9.65. The summed E-state index contributed by atoms with van der Waals surface area (Å²) in [5.74, 6) is 0.729. The highest BCUT2D eigenvalue weighted by Gasteiger charge is 1.98. The monoisotopic (exact) mass is 233 g/mol. The van der Waals surface area contributed by atoms with E-state index in [4.69, 9.17) is 0 Å². The minimum Gasteiger partial charge on any atom is -0.268 e. The van der Waals surface area contributed by atoms with Crippen molar-refractivity contribution in [3.8, 4) is 0 Å². The largest absolute Gasteiger partial charge is 0.268 e. The van der Waals surface area contributed by atoms with Crippen molar-refractivity contribution in [2.24, 2.45) is 0 Å². The molecule has 0 aliphatic rings. The lowest BCUT2D eigenvalue weighted by atomic mass is 10.3. The quantitative estimate of drug-likeness (QED) is 0.808. The molecule has 16 heavy (non-hydrogen) atoms. The summed E-state index contributed by atoms with van der Waals surface area (Å²) in [6.45, 7) is 1.80. The van der Waals surface area contributed by atoms with Gasteiger partial charge in [-0.15, -0.1) is 0 Å². The molecule has 2 aromatic rings. The minimum absolute atomic E-state index is 0.0356. The molecular formula is C11H11N3OS. The standard InChI is InChI=1S/C11H11N3OS/c1-9-6-11(15)14(8-13-9)16-7-10-2-4-12-5-3-10/h2-6,8H,7H2,1H3. The maximum atomic E-state index is 11.6. The van der Waals surface area contributed by atoms with Gasteiger partial charge in [0.1, 0.15) is 6.33 Å². The minimum atomic E-state index is -0.0356. The lowest BCUT2D eigenvalue weighted by molar-refractivity contribution is 1.01. The average Bonchev–Trinajstić information content (AvgIpc) is 2.29. The van der Waals surface area contributed by atoms with Crippen molar-refractivity contribution in [3.05, 3.63) is 58.5 Å². The van der Waals surface area contributed by atoms with Gasteiger partial charge in [-0.1, -0.05) is 0 Å². The van der Waals surface area contributed by atoms with E-state index in [-0.39, 0.29) is 5.56 Å². The number of aryl methyl sites for hydroxylation is 1. The Morgan fingerprint density at radius 3 is 2.81 bits per heavy atom. The van der Waals surface area contributed by atoms with Crippen LogP contribution in [-0.4, -0.2) is 13.9 Å². The molecule has 0 bridgehead atoms. The van der Waals surface area contributed by atoms with Crippen LogP contribution in [0.4, 0.5) is 0 Å². The zero-order chi connectivity index (χ0) is 11.4. The summed E-state index contributed by atoms with van der Waals surface area (Å²) >= 11 is 1.42. The molecule has 2 heterocycles. The smallest absolute Gasteiger partial charge is 0.263 e. The van der Waals surface area contributed by atoms with Gasteiger partial charge in [0.25, 0.3) is 5.56 Å². The van der Waals surface area contributed by atoms with Crippen LogP contribution >= 0.6 is 11.9 Å². The Morgan fingerprint density at radius 1 is 1.38 bits per heavy atom. The molecule has 0 saturated carbocycles. The Bertz CT molecular complexity index is 524. The van der Waals surface area contributed by atoms with Crippen LogP contribution in [0.2, 0.25) is 0 Å². The lowest BCUT2D eigenvalue weighted by Crippen LogP contribution is -2.14. The van der Waals surface area contributed by atoms with Gasteiger partial charge < -0.3 is 0 Å². The molecule has 4 nitrogen and oxygen atoms in total. The molecule has 0 aliphatic carbocycles. The molecule has 82 valence electrons. The van der Waals surface area contributed by atoms with Crippen molar-refractivity contribution in [1.82, 2.24) is 13.9 Å². The highest BCUT2D eigenvalue weighted by atomic mass is 32.2. The van der Waals surface area contributed by atoms with Gasteiger partial charge in [0.15, 0.2) is 0 Å². The van der Waals surface area contributed by atoms with Crippen molar-refractivity contribution in [3.63, 3.8) is 0 Å². The first kappa shape index (κ1) is 10.9. The maximum Gasteiger partial charge on any atom is 0.263 e. The van der Waals surface area contributed by atoms with E-state index in [0.717, 1.165) is 17.0 Å². The highest BCUT2D eigenvalue weighted by molar-refractivity contribution is 7.97. The molecule has 0 N–H and O–H groups in total. The normalized spacial score (nSPS) is 10.3. The SMILES string of the molecule is Cc1cc(=O)n(SCc2ccncc2)cn1. The molecule has 0 spiro atoms. The van der Waals surface area contributed by atoms with Gasteiger partial charge in [-0.2, -0.15) is 0 Å². The molecule has 0 saturated heterocycles. The van der Waals surface area contributed by atoms with Gasteiger partial charge in [0, 0.05) is 29.9 Å². The Morgan fingerprint density at radius 2 is 2.12 bits per heavy atom. The van der Waals surface area contributed by atoms with E-state index in [9.17, 15) is 4.79 Å². The number of hydrogen-bond donors (Lipinski definition) is 0. The van der Waals surface area contributed by atoms with Crippen LogP contribution in [0, 0.1) is 6.92 Å². The first-order valence-electron chi connectivity index (χ1n) is 4.83. The summed E-state index contributed by atoms with van der Waals surface area (Å²) in [7, 11) is 0. The Kier molecular flexibility index (Phi) is 3.36. The van der Waals surface area contributed by atoms with E-state index in [1.54, 1.807) is 25.6 Å². The summed E-state index contributed by atoms with van der Waals surface area (Å²) in [6.07, 6.45) is 5.04. The molecule has 2 rings (SSSR count). The highest BCUT2D eigenvalue weighted by Crippen LogP contribution is 2.10. The van der Waals surface area contributed by atoms with Crippen molar-refractivity contribution in [2.45, 2.75) is 12.7 Å².